The fourth-order valence-corrected chi connectivity index (χ4v) is 9.04. The van der Waals surface area contributed by atoms with Crippen LogP contribution in [-0.2, 0) is 11.8 Å². The van der Waals surface area contributed by atoms with E-state index in [1.165, 1.54) is 77.1 Å². The van der Waals surface area contributed by atoms with E-state index in [1.807, 2.05) is 18.2 Å². The first-order valence-corrected chi connectivity index (χ1v) is 19.6. The highest BCUT2D eigenvalue weighted by Gasteiger charge is 2.37. The van der Waals surface area contributed by atoms with Gasteiger partial charge in [0, 0.05) is 38.7 Å². The molecule has 1 atom stereocenters. The van der Waals surface area contributed by atoms with Gasteiger partial charge in [0.2, 0.25) is 0 Å². The summed E-state index contributed by atoms with van der Waals surface area (Å²) in [6.45, 7) is 4.71. The van der Waals surface area contributed by atoms with E-state index in [4.69, 9.17) is 5.73 Å². The van der Waals surface area contributed by atoms with Crippen molar-refractivity contribution in [2.24, 2.45) is 5.73 Å². The molecule has 0 aliphatic heterocycles. The molecule has 8 aromatic carbocycles. The number of hydrogen-bond donors (Lipinski definition) is 2. The van der Waals surface area contributed by atoms with Crippen LogP contribution in [0.1, 0.15) is 47.8 Å². The van der Waals surface area contributed by atoms with Gasteiger partial charge in [-0.3, -0.25) is 0 Å². The van der Waals surface area contributed by atoms with E-state index in [-0.39, 0.29) is 11.6 Å². The number of fused-ring (bicyclic) bond motifs is 7. The molecule has 0 radical (unpaired) electrons. The molecule has 10 rings (SSSR count). The van der Waals surface area contributed by atoms with Crippen LogP contribution >= 0.6 is 0 Å². The van der Waals surface area contributed by atoms with Crippen LogP contribution in [0.2, 0.25) is 0 Å². The first kappa shape index (κ1) is 33.9. The lowest BCUT2D eigenvalue weighted by atomic mass is 9.81. The van der Waals surface area contributed by atoms with E-state index in [2.05, 4.69) is 194 Å². The number of allylic oxidation sites excluding steroid dienone is 1. The third-order valence-electron chi connectivity index (χ3n) is 11.8. The summed E-state index contributed by atoms with van der Waals surface area (Å²) in [5, 5.41) is 8.82. The first-order chi connectivity index (χ1) is 27.5. The van der Waals surface area contributed by atoms with E-state index in [9.17, 15) is 0 Å². The van der Waals surface area contributed by atoms with Gasteiger partial charge in [-0.1, -0.05) is 172 Å². The standard InChI is InChI=1S/C53H43N3/c1-53(2)46-28-15-27-44(50(46)45-33-37-19-9-10-20-38(37)34-47(45)53)48(55-52(54)36-17-5-3-6-18-36)31-30-35-16-13-21-39(32-35)41-25-14-26-43-42-24-11-12-29-49(42)56(51(41)43)40-22-7-4-8-23-40/h3-29,31-34,52,55H,30,54H2,1-2H3/b48-31-. The van der Waals surface area contributed by atoms with Crippen LogP contribution in [-0.4, -0.2) is 4.57 Å². The van der Waals surface area contributed by atoms with Crippen LogP contribution in [0.3, 0.4) is 0 Å². The molecule has 1 heterocycles. The van der Waals surface area contributed by atoms with E-state index >= 15 is 0 Å². The van der Waals surface area contributed by atoms with E-state index in [1.54, 1.807) is 0 Å². The summed E-state index contributed by atoms with van der Waals surface area (Å²) in [7, 11) is 0. The Morgan fingerprint density at radius 1 is 0.625 bits per heavy atom. The zero-order chi connectivity index (χ0) is 37.8. The first-order valence-electron chi connectivity index (χ1n) is 19.6. The van der Waals surface area contributed by atoms with Crippen LogP contribution in [0.5, 0.6) is 0 Å². The molecular formula is C53H43N3. The van der Waals surface area contributed by atoms with Gasteiger partial charge in [-0.25, -0.2) is 0 Å². The Balaban J connectivity index is 1.10. The number of nitrogens with one attached hydrogen (secondary N) is 1. The lowest BCUT2D eigenvalue weighted by Gasteiger charge is -2.23. The molecule has 0 spiro atoms. The molecule has 1 aliphatic carbocycles. The number of rotatable bonds is 8. The van der Waals surface area contributed by atoms with Crippen molar-refractivity contribution in [3.8, 4) is 27.9 Å². The Bertz CT molecular complexity index is 2950. The Labute approximate surface area is 328 Å². The maximum Gasteiger partial charge on any atom is 0.101 e. The van der Waals surface area contributed by atoms with Crippen LogP contribution in [0, 0.1) is 0 Å². The van der Waals surface area contributed by atoms with Crippen molar-refractivity contribution < 1.29 is 0 Å². The van der Waals surface area contributed by atoms with Gasteiger partial charge in [-0.2, -0.15) is 0 Å². The number of aromatic nitrogens is 1. The maximum atomic E-state index is 6.96. The Morgan fingerprint density at radius 3 is 2.12 bits per heavy atom. The van der Waals surface area contributed by atoms with Crippen LogP contribution < -0.4 is 11.1 Å². The molecule has 0 bridgehead atoms. The lowest BCUT2D eigenvalue weighted by Crippen LogP contribution is -2.28. The smallest absolute Gasteiger partial charge is 0.101 e. The molecule has 270 valence electrons. The highest BCUT2D eigenvalue weighted by atomic mass is 15.0. The third-order valence-corrected chi connectivity index (χ3v) is 11.8. The van der Waals surface area contributed by atoms with Gasteiger partial charge >= 0.3 is 0 Å². The summed E-state index contributed by atoms with van der Waals surface area (Å²) in [4.78, 5) is 0. The number of benzene rings is 8. The van der Waals surface area contributed by atoms with Gasteiger partial charge in [0.05, 0.1) is 11.0 Å². The molecule has 9 aromatic rings. The molecule has 3 N–H and O–H groups in total. The highest BCUT2D eigenvalue weighted by molar-refractivity contribution is 6.13. The van der Waals surface area contributed by atoms with Crippen molar-refractivity contribution in [3.63, 3.8) is 0 Å². The Hall–Kier alpha value is -6.68. The topological polar surface area (TPSA) is 43.0 Å². The van der Waals surface area contributed by atoms with Crippen molar-refractivity contribution in [3.05, 3.63) is 216 Å². The van der Waals surface area contributed by atoms with Crippen molar-refractivity contribution in [1.82, 2.24) is 9.88 Å². The average Bonchev–Trinajstić information content (AvgIpc) is 3.70. The van der Waals surface area contributed by atoms with Crippen molar-refractivity contribution in [2.75, 3.05) is 0 Å². The fraction of sp³-hybridized carbons (Fsp3) is 0.0943. The summed E-state index contributed by atoms with van der Waals surface area (Å²) in [6, 6.07) is 65.7. The van der Waals surface area contributed by atoms with Gasteiger partial charge in [0.15, 0.2) is 0 Å². The SMILES string of the molecule is CC1(C)c2cc3ccccc3cc2-c2c(/C(=C/Cc3cccc(-c4cccc5c6ccccc6n(-c6ccccc6)c45)c3)NC(N)c3ccccc3)cccc21. The predicted octanol–water partition coefficient (Wildman–Crippen LogP) is 12.7. The molecule has 0 amide bonds. The number of nitrogens with zero attached hydrogens (tertiary/aromatic N) is 1. The largest absolute Gasteiger partial charge is 0.366 e. The van der Waals surface area contributed by atoms with Gasteiger partial charge in [0.1, 0.15) is 6.17 Å². The average molecular weight is 722 g/mol. The summed E-state index contributed by atoms with van der Waals surface area (Å²) in [5.74, 6) is 0. The number of nitrogens with two attached hydrogens (primary N) is 1. The van der Waals surface area contributed by atoms with Crippen LogP contribution in [0.25, 0.3) is 66.2 Å². The highest BCUT2D eigenvalue weighted by Crippen LogP contribution is 2.52. The summed E-state index contributed by atoms with van der Waals surface area (Å²) >= 11 is 0. The van der Waals surface area contributed by atoms with E-state index < -0.39 is 0 Å². The number of para-hydroxylation sites is 3. The zero-order valence-corrected chi connectivity index (χ0v) is 31.7. The minimum absolute atomic E-state index is 0.144. The van der Waals surface area contributed by atoms with Crippen LogP contribution in [0.4, 0.5) is 0 Å². The zero-order valence-electron chi connectivity index (χ0n) is 31.7. The molecule has 3 heteroatoms. The van der Waals surface area contributed by atoms with E-state index in [0.717, 1.165) is 23.4 Å². The lowest BCUT2D eigenvalue weighted by molar-refractivity contribution is 0.659. The Morgan fingerprint density at radius 2 is 1.30 bits per heavy atom. The molecular weight excluding hydrogens is 679 g/mol. The molecule has 1 aliphatic rings. The molecule has 1 aromatic heterocycles. The van der Waals surface area contributed by atoms with Gasteiger partial charge in [-0.05, 0) is 86.5 Å². The molecule has 0 saturated heterocycles. The Kier molecular flexibility index (Phi) is 8.20. The maximum absolute atomic E-state index is 6.96. The normalized spacial score (nSPS) is 13.9. The summed E-state index contributed by atoms with van der Waals surface area (Å²) in [5.41, 5.74) is 22.6. The van der Waals surface area contributed by atoms with Crippen molar-refractivity contribution in [1.29, 1.82) is 0 Å². The number of hydrogen-bond acceptors (Lipinski definition) is 2. The van der Waals surface area contributed by atoms with Crippen molar-refractivity contribution >= 4 is 38.3 Å². The molecule has 0 saturated carbocycles. The summed E-state index contributed by atoms with van der Waals surface area (Å²) < 4.78 is 2.41. The molecule has 1 unspecified atom stereocenters. The summed E-state index contributed by atoms with van der Waals surface area (Å²) in [6.07, 6.45) is 2.69. The third kappa shape index (κ3) is 5.63. The van der Waals surface area contributed by atoms with E-state index in [0.29, 0.717) is 0 Å². The van der Waals surface area contributed by atoms with Gasteiger partial charge in [-0.15, -0.1) is 0 Å². The second kappa shape index (κ2) is 13.6. The monoisotopic (exact) mass is 721 g/mol. The molecule has 56 heavy (non-hydrogen) atoms. The fourth-order valence-electron chi connectivity index (χ4n) is 9.04. The minimum atomic E-state index is -0.382. The second-order valence-corrected chi connectivity index (χ2v) is 15.5. The predicted molar refractivity (Wildman–Crippen MR) is 236 cm³/mol. The molecule has 0 fully saturated rings. The van der Waals surface area contributed by atoms with Gasteiger partial charge < -0.3 is 15.6 Å². The van der Waals surface area contributed by atoms with Gasteiger partial charge in [0.25, 0.3) is 0 Å². The second-order valence-electron chi connectivity index (χ2n) is 15.5. The minimum Gasteiger partial charge on any atom is -0.366 e. The van der Waals surface area contributed by atoms with Crippen LogP contribution in [0.15, 0.2) is 188 Å². The van der Waals surface area contributed by atoms with Crippen molar-refractivity contribution in [2.45, 2.75) is 31.8 Å². The quantitative estimate of drug-likeness (QED) is 0.153. The molecule has 3 nitrogen and oxygen atoms in total.